The number of benzene rings is 2. The van der Waals surface area contributed by atoms with Gasteiger partial charge in [0.1, 0.15) is 12.0 Å². The number of nitrogens with one attached hydrogen (secondary N) is 1. The van der Waals surface area contributed by atoms with E-state index in [1.165, 1.54) is 11.8 Å². The summed E-state index contributed by atoms with van der Waals surface area (Å²) in [6.07, 6.45) is 7.35. The minimum absolute atomic E-state index is 0.110. The standard InChI is InChI=1S/C31H37N3O4/c1-21(2)14-16-32-30(35)27-19-38-28(33-27)20-37-25-13-12-22-15-17-34(31(36)24-10-6-7-11-24)29(26(22)18-25)23-8-4-3-5-9-23/h3-5,8-9,12-13,18-19,21,24,29H,6-7,10-11,14-17,20H2,1-2H3,(H,32,35). The fourth-order valence-electron chi connectivity index (χ4n) is 5.51. The van der Waals surface area contributed by atoms with E-state index in [0.29, 0.717) is 24.1 Å². The maximum atomic E-state index is 13.6. The number of hydrogen-bond donors (Lipinski definition) is 1. The molecule has 1 unspecified atom stereocenters. The van der Waals surface area contributed by atoms with Crippen molar-refractivity contribution in [2.75, 3.05) is 13.1 Å². The normalized spacial score (nSPS) is 17.4. The highest BCUT2D eigenvalue weighted by Gasteiger charge is 2.36. The van der Waals surface area contributed by atoms with Gasteiger partial charge in [0.05, 0.1) is 6.04 Å². The molecule has 0 saturated heterocycles. The van der Waals surface area contributed by atoms with Crippen molar-refractivity contribution in [2.24, 2.45) is 11.8 Å². The Kier molecular flexibility index (Phi) is 8.11. The first kappa shape index (κ1) is 26.0. The van der Waals surface area contributed by atoms with Gasteiger partial charge in [-0.05, 0) is 60.4 Å². The van der Waals surface area contributed by atoms with Crippen LogP contribution in [0.3, 0.4) is 0 Å². The summed E-state index contributed by atoms with van der Waals surface area (Å²) in [5.41, 5.74) is 3.70. The van der Waals surface area contributed by atoms with Crippen molar-refractivity contribution < 1.29 is 18.7 Å². The monoisotopic (exact) mass is 515 g/mol. The lowest BCUT2D eigenvalue weighted by Crippen LogP contribution is -2.43. The molecule has 2 aromatic carbocycles. The minimum Gasteiger partial charge on any atom is -0.484 e. The molecule has 7 heteroatoms. The third-order valence-electron chi connectivity index (χ3n) is 7.60. The molecule has 1 atom stereocenters. The summed E-state index contributed by atoms with van der Waals surface area (Å²) in [4.78, 5) is 32.3. The average molecular weight is 516 g/mol. The minimum atomic E-state index is -0.243. The van der Waals surface area contributed by atoms with Gasteiger partial charge < -0.3 is 19.4 Å². The van der Waals surface area contributed by atoms with E-state index >= 15 is 0 Å². The SMILES string of the molecule is CC(C)CCNC(=O)c1coc(COc2ccc3c(c2)C(c2ccccc2)N(C(=O)C2CCCC2)CC3)n1. The van der Waals surface area contributed by atoms with Crippen LogP contribution in [-0.2, 0) is 17.8 Å². The first-order chi connectivity index (χ1) is 18.5. The number of nitrogens with zero attached hydrogens (tertiary/aromatic N) is 2. The van der Waals surface area contributed by atoms with E-state index in [-0.39, 0.29) is 36.1 Å². The summed E-state index contributed by atoms with van der Waals surface area (Å²) < 4.78 is 11.5. The third kappa shape index (κ3) is 5.93. The smallest absolute Gasteiger partial charge is 0.273 e. The summed E-state index contributed by atoms with van der Waals surface area (Å²) in [6, 6.07) is 16.2. The summed E-state index contributed by atoms with van der Waals surface area (Å²) in [5, 5.41) is 2.87. The largest absolute Gasteiger partial charge is 0.484 e. The number of oxazole rings is 1. The summed E-state index contributed by atoms with van der Waals surface area (Å²) in [6.45, 7) is 5.67. The number of fused-ring (bicyclic) bond motifs is 1. The van der Waals surface area contributed by atoms with Gasteiger partial charge >= 0.3 is 0 Å². The molecule has 0 spiro atoms. The fourth-order valence-corrected chi connectivity index (χ4v) is 5.51. The molecule has 2 aliphatic rings. The van der Waals surface area contributed by atoms with Crippen LogP contribution in [0, 0.1) is 11.8 Å². The van der Waals surface area contributed by atoms with Gasteiger partial charge in [-0.15, -0.1) is 0 Å². The van der Waals surface area contributed by atoms with Gasteiger partial charge in [-0.25, -0.2) is 4.98 Å². The lowest BCUT2D eigenvalue weighted by atomic mass is 9.87. The van der Waals surface area contributed by atoms with Crippen LogP contribution in [0.4, 0.5) is 0 Å². The van der Waals surface area contributed by atoms with Gasteiger partial charge in [0.25, 0.3) is 5.91 Å². The van der Waals surface area contributed by atoms with Gasteiger partial charge in [0.15, 0.2) is 12.3 Å². The molecule has 2 amide bonds. The molecule has 5 rings (SSSR count). The van der Waals surface area contributed by atoms with E-state index in [1.54, 1.807) is 0 Å². The molecule has 2 heterocycles. The van der Waals surface area contributed by atoms with Crippen LogP contribution in [0.5, 0.6) is 5.75 Å². The highest BCUT2D eigenvalue weighted by Crippen LogP contribution is 2.39. The van der Waals surface area contributed by atoms with Crippen LogP contribution in [-0.4, -0.2) is 34.8 Å². The van der Waals surface area contributed by atoms with Crippen LogP contribution in [0.25, 0.3) is 0 Å². The third-order valence-corrected chi connectivity index (χ3v) is 7.60. The zero-order valence-corrected chi connectivity index (χ0v) is 22.3. The zero-order chi connectivity index (χ0) is 26.5. The second kappa shape index (κ2) is 11.8. The number of carbonyl (C=O) groups is 2. The predicted molar refractivity (Wildman–Crippen MR) is 145 cm³/mol. The maximum Gasteiger partial charge on any atom is 0.273 e. The van der Waals surface area contributed by atoms with Crippen LogP contribution in [0.15, 0.2) is 59.2 Å². The Labute approximate surface area is 224 Å². The zero-order valence-electron chi connectivity index (χ0n) is 22.3. The average Bonchev–Trinajstić information content (AvgIpc) is 3.64. The maximum absolute atomic E-state index is 13.6. The molecule has 1 aliphatic heterocycles. The number of aromatic nitrogens is 1. The van der Waals surface area contributed by atoms with E-state index in [2.05, 4.69) is 47.2 Å². The van der Waals surface area contributed by atoms with E-state index < -0.39 is 0 Å². The van der Waals surface area contributed by atoms with Crippen molar-refractivity contribution in [2.45, 2.75) is 65.0 Å². The molecule has 0 radical (unpaired) electrons. The van der Waals surface area contributed by atoms with Gasteiger partial charge in [0.2, 0.25) is 11.8 Å². The van der Waals surface area contributed by atoms with Gasteiger partial charge in [-0.2, -0.15) is 0 Å². The second-order valence-electron chi connectivity index (χ2n) is 10.8. The number of ether oxygens (including phenoxy) is 1. The van der Waals surface area contributed by atoms with Crippen molar-refractivity contribution in [3.05, 3.63) is 83.1 Å². The Morgan fingerprint density at radius 3 is 2.68 bits per heavy atom. The van der Waals surface area contributed by atoms with E-state index in [0.717, 1.165) is 56.2 Å². The molecule has 1 saturated carbocycles. The molecule has 3 aromatic rings. The highest BCUT2D eigenvalue weighted by atomic mass is 16.5. The number of carbonyl (C=O) groups excluding carboxylic acids is 2. The van der Waals surface area contributed by atoms with E-state index in [1.807, 2.05) is 30.3 Å². The van der Waals surface area contributed by atoms with Gasteiger partial charge in [0, 0.05) is 19.0 Å². The Morgan fingerprint density at radius 2 is 1.92 bits per heavy atom. The molecule has 1 fully saturated rings. The fraction of sp³-hybridized carbons (Fsp3) is 0.452. The molecule has 200 valence electrons. The summed E-state index contributed by atoms with van der Waals surface area (Å²) >= 11 is 0. The van der Waals surface area contributed by atoms with Crippen molar-refractivity contribution in [3.8, 4) is 5.75 Å². The quantitative estimate of drug-likeness (QED) is 0.396. The van der Waals surface area contributed by atoms with Gasteiger partial charge in [-0.3, -0.25) is 9.59 Å². The van der Waals surface area contributed by atoms with Crippen LogP contribution in [0.2, 0.25) is 0 Å². The molecule has 1 N–H and O–H groups in total. The van der Waals surface area contributed by atoms with Crippen LogP contribution in [0.1, 0.15) is 85.1 Å². The summed E-state index contributed by atoms with van der Waals surface area (Å²) in [7, 11) is 0. The van der Waals surface area contributed by atoms with Crippen molar-refractivity contribution in [3.63, 3.8) is 0 Å². The lowest BCUT2D eigenvalue weighted by molar-refractivity contribution is -0.137. The van der Waals surface area contributed by atoms with Crippen LogP contribution >= 0.6 is 0 Å². The Bertz CT molecular complexity index is 1250. The molecular formula is C31H37N3O4. The Hall–Kier alpha value is -3.61. The number of hydrogen-bond acceptors (Lipinski definition) is 5. The second-order valence-corrected chi connectivity index (χ2v) is 10.8. The topological polar surface area (TPSA) is 84.7 Å². The van der Waals surface area contributed by atoms with Crippen molar-refractivity contribution in [1.82, 2.24) is 15.2 Å². The molecule has 38 heavy (non-hydrogen) atoms. The van der Waals surface area contributed by atoms with Crippen molar-refractivity contribution >= 4 is 11.8 Å². The number of rotatable bonds is 9. The Balaban J connectivity index is 1.32. The lowest BCUT2D eigenvalue weighted by Gasteiger charge is -2.39. The molecular weight excluding hydrogens is 478 g/mol. The predicted octanol–water partition coefficient (Wildman–Crippen LogP) is 5.69. The van der Waals surface area contributed by atoms with Gasteiger partial charge in [-0.1, -0.05) is 63.1 Å². The molecule has 0 bridgehead atoms. The highest BCUT2D eigenvalue weighted by molar-refractivity contribution is 5.91. The first-order valence-corrected chi connectivity index (χ1v) is 13.8. The Morgan fingerprint density at radius 1 is 1.13 bits per heavy atom. The van der Waals surface area contributed by atoms with E-state index in [9.17, 15) is 9.59 Å². The number of amides is 2. The molecule has 7 nitrogen and oxygen atoms in total. The van der Waals surface area contributed by atoms with Crippen molar-refractivity contribution in [1.29, 1.82) is 0 Å². The molecule has 1 aromatic heterocycles. The molecule has 1 aliphatic carbocycles. The summed E-state index contributed by atoms with van der Waals surface area (Å²) in [5.74, 6) is 1.70. The first-order valence-electron chi connectivity index (χ1n) is 13.8. The van der Waals surface area contributed by atoms with E-state index in [4.69, 9.17) is 9.15 Å². The van der Waals surface area contributed by atoms with Crippen LogP contribution < -0.4 is 10.1 Å².